The largest absolute Gasteiger partial charge is 0.493 e. The second-order valence-corrected chi connectivity index (χ2v) is 11.7. The number of piperidine rings is 2. The van der Waals surface area contributed by atoms with Crippen LogP contribution in [0.25, 0.3) is 16.9 Å². The van der Waals surface area contributed by atoms with Crippen molar-refractivity contribution < 1.29 is 9.47 Å². The number of methoxy groups -OCH3 is 2. The molecule has 6 heteroatoms. The van der Waals surface area contributed by atoms with Gasteiger partial charge in [0.15, 0.2) is 11.5 Å². The lowest BCUT2D eigenvalue weighted by Gasteiger charge is -2.47. The lowest BCUT2D eigenvalue weighted by Crippen LogP contribution is -2.53. The zero-order valence-corrected chi connectivity index (χ0v) is 23.1. The molecule has 3 aliphatic rings. The molecule has 6 nitrogen and oxygen atoms in total. The molecule has 2 unspecified atom stereocenters. The molecular formula is C31H42N4O2. The molecule has 6 rings (SSSR count). The Morgan fingerprint density at radius 1 is 0.865 bits per heavy atom. The molecule has 3 aromatic rings. The van der Waals surface area contributed by atoms with Gasteiger partial charge in [0.1, 0.15) is 5.65 Å². The molecule has 0 amide bonds. The van der Waals surface area contributed by atoms with Gasteiger partial charge in [0, 0.05) is 42.1 Å². The summed E-state index contributed by atoms with van der Waals surface area (Å²) in [6.07, 6.45) is 12.5. The van der Waals surface area contributed by atoms with E-state index in [1.807, 2.05) is 12.1 Å². The smallest absolute Gasteiger partial charge is 0.161 e. The minimum absolute atomic E-state index is 0.638. The number of rotatable bonds is 6. The fourth-order valence-electron chi connectivity index (χ4n) is 7.44. The molecule has 0 aliphatic carbocycles. The summed E-state index contributed by atoms with van der Waals surface area (Å²) in [5.74, 6) is 2.10. The lowest BCUT2D eigenvalue weighted by molar-refractivity contribution is 0.0311. The monoisotopic (exact) mass is 502 g/mol. The van der Waals surface area contributed by atoms with Gasteiger partial charge < -0.3 is 18.8 Å². The summed E-state index contributed by atoms with van der Waals surface area (Å²) >= 11 is 0. The molecule has 0 radical (unpaired) electrons. The van der Waals surface area contributed by atoms with Crippen molar-refractivity contribution in [2.24, 2.45) is 0 Å². The first-order valence-corrected chi connectivity index (χ1v) is 14.2. The van der Waals surface area contributed by atoms with Gasteiger partial charge >= 0.3 is 0 Å². The predicted molar refractivity (Wildman–Crippen MR) is 149 cm³/mol. The average molecular weight is 503 g/mol. The van der Waals surface area contributed by atoms with Crippen molar-refractivity contribution in [2.45, 2.75) is 89.4 Å². The van der Waals surface area contributed by atoms with Crippen molar-refractivity contribution >= 4 is 5.65 Å². The summed E-state index contributed by atoms with van der Waals surface area (Å²) in [6, 6.07) is 11.4. The molecule has 0 N–H and O–H groups in total. The van der Waals surface area contributed by atoms with Crippen LogP contribution in [0.5, 0.6) is 11.5 Å². The van der Waals surface area contributed by atoms with Crippen LogP contribution in [0.15, 0.2) is 36.7 Å². The van der Waals surface area contributed by atoms with Crippen molar-refractivity contribution in [3.63, 3.8) is 0 Å². The van der Waals surface area contributed by atoms with Crippen molar-refractivity contribution in [1.82, 2.24) is 19.2 Å². The quantitative estimate of drug-likeness (QED) is 0.419. The normalized spacial score (nSPS) is 25.3. The summed E-state index contributed by atoms with van der Waals surface area (Å²) < 4.78 is 13.2. The van der Waals surface area contributed by atoms with E-state index in [0.29, 0.717) is 12.0 Å². The predicted octanol–water partition coefficient (Wildman–Crippen LogP) is 5.91. The first-order chi connectivity index (χ1) is 17.9. The maximum Gasteiger partial charge on any atom is 0.161 e. The summed E-state index contributed by atoms with van der Waals surface area (Å²) in [7, 11) is 3.34. The highest BCUT2D eigenvalue weighted by atomic mass is 16.5. The Hall–Kier alpha value is -2.57. The van der Waals surface area contributed by atoms with Gasteiger partial charge in [0.05, 0.1) is 19.9 Å². The van der Waals surface area contributed by atoms with Crippen molar-refractivity contribution in [2.75, 3.05) is 27.3 Å². The molecule has 0 saturated carbocycles. The Labute approximate surface area is 221 Å². The van der Waals surface area contributed by atoms with E-state index < -0.39 is 0 Å². The van der Waals surface area contributed by atoms with Gasteiger partial charge in [0.25, 0.3) is 0 Å². The highest BCUT2D eigenvalue weighted by Gasteiger charge is 2.44. The zero-order chi connectivity index (χ0) is 25.7. The van der Waals surface area contributed by atoms with Gasteiger partial charge in [-0.1, -0.05) is 6.07 Å². The van der Waals surface area contributed by atoms with Gasteiger partial charge in [-0.2, -0.15) is 0 Å². The molecule has 2 aromatic heterocycles. The third-order valence-corrected chi connectivity index (χ3v) is 9.35. The fourth-order valence-corrected chi connectivity index (χ4v) is 7.44. The van der Waals surface area contributed by atoms with Crippen LogP contribution < -0.4 is 9.47 Å². The van der Waals surface area contributed by atoms with Crippen LogP contribution in [0.4, 0.5) is 0 Å². The Balaban J connectivity index is 1.21. The van der Waals surface area contributed by atoms with Gasteiger partial charge in [-0.15, -0.1) is 0 Å². The zero-order valence-electron chi connectivity index (χ0n) is 23.1. The van der Waals surface area contributed by atoms with Gasteiger partial charge in [-0.25, -0.2) is 4.98 Å². The number of benzene rings is 1. The van der Waals surface area contributed by atoms with Gasteiger partial charge in [-0.05, 0) is 108 Å². The standard InChI is InChI=1S/C31H42N4O2/c1-20(2)33-12-10-25(11-13-33)35-26-7-8-27(35)16-23(15-26)24-14-21(3)31-32-28(19-34(31)18-24)22-6-9-29(36-4)30(17-22)37-5/h6,9,14,17-20,23,25-27H,7-8,10-13,15-16H2,1-5H3. The number of nitrogens with zero attached hydrogens (tertiary/aromatic N) is 4. The highest BCUT2D eigenvalue weighted by Crippen LogP contribution is 2.45. The molecular weight excluding hydrogens is 460 g/mol. The van der Waals surface area contributed by atoms with E-state index in [2.05, 4.69) is 59.5 Å². The Kier molecular flexibility index (Phi) is 6.66. The van der Waals surface area contributed by atoms with E-state index in [4.69, 9.17) is 14.5 Å². The first kappa shape index (κ1) is 24.7. The number of imidazole rings is 1. The highest BCUT2D eigenvalue weighted by molar-refractivity contribution is 5.67. The number of likely N-dealkylation sites (tertiary alicyclic amines) is 1. The topological polar surface area (TPSA) is 42.2 Å². The van der Waals surface area contributed by atoms with E-state index in [1.54, 1.807) is 14.2 Å². The Morgan fingerprint density at radius 2 is 1.57 bits per heavy atom. The first-order valence-electron chi connectivity index (χ1n) is 14.2. The van der Waals surface area contributed by atoms with Crippen LogP contribution >= 0.6 is 0 Å². The maximum absolute atomic E-state index is 5.52. The minimum atomic E-state index is 0.638. The van der Waals surface area contributed by atoms with E-state index in [1.165, 1.54) is 62.7 Å². The molecule has 3 saturated heterocycles. The second-order valence-electron chi connectivity index (χ2n) is 11.7. The maximum atomic E-state index is 5.52. The van der Waals surface area contributed by atoms with E-state index in [9.17, 15) is 0 Å². The summed E-state index contributed by atoms with van der Waals surface area (Å²) in [6.45, 7) is 9.41. The number of pyridine rings is 1. The molecule has 2 bridgehead atoms. The molecule has 198 valence electrons. The Bertz CT molecular complexity index is 1250. The van der Waals surface area contributed by atoms with E-state index in [0.717, 1.165) is 46.5 Å². The van der Waals surface area contributed by atoms with Crippen LogP contribution in [-0.2, 0) is 0 Å². The fraction of sp³-hybridized carbons (Fsp3) is 0.581. The van der Waals surface area contributed by atoms with Crippen molar-refractivity contribution in [3.05, 3.63) is 47.8 Å². The van der Waals surface area contributed by atoms with E-state index in [-0.39, 0.29) is 0 Å². The number of ether oxygens (including phenoxy) is 2. The summed E-state index contributed by atoms with van der Waals surface area (Å²) in [5, 5.41) is 0. The van der Waals surface area contributed by atoms with Gasteiger partial charge in [0.2, 0.25) is 0 Å². The summed E-state index contributed by atoms with van der Waals surface area (Å²) in [5.41, 5.74) is 5.76. The van der Waals surface area contributed by atoms with Crippen LogP contribution in [0.2, 0.25) is 0 Å². The summed E-state index contributed by atoms with van der Waals surface area (Å²) in [4.78, 5) is 10.6. The number of aromatic nitrogens is 2. The number of fused-ring (bicyclic) bond motifs is 3. The number of hydrogen-bond donors (Lipinski definition) is 0. The molecule has 0 spiro atoms. The molecule has 5 heterocycles. The third kappa shape index (κ3) is 4.52. The average Bonchev–Trinajstić information content (AvgIpc) is 3.46. The molecule has 1 aromatic carbocycles. The van der Waals surface area contributed by atoms with E-state index >= 15 is 0 Å². The molecule has 37 heavy (non-hydrogen) atoms. The van der Waals surface area contributed by atoms with Crippen molar-refractivity contribution in [3.8, 4) is 22.8 Å². The van der Waals surface area contributed by atoms with Crippen LogP contribution in [0.1, 0.15) is 69.4 Å². The van der Waals surface area contributed by atoms with Crippen LogP contribution in [-0.4, -0.2) is 70.7 Å². The SMILES string of the molecule is COc1ccc(-c2cn3cc(C4CC5CCC(C4)N5C4CCN(C(C)C)CC4)cc(C)c3n2)cc1OC. The van der Waals surface area contributed by atoms with Crippen LogP contribution in [0.3, 0.4) is 0 Å². The minimum Gasteiger partial charge on any atom is -0.493 e. The molecule has 3 aliphatic heterocycles. The number of hydrogen-bond acceptors (Lipinski definition) is 5. The van der Waals surface area contributed by atoms with Gasteiger partial charge in [-0.3, -0.25) is 4.90 Å². The number of aryl methyl sites for hydroxylation is 1. The third-order valence-electron chi connectivity index (χ3n) is 9.35. The second kappa shape index (κ2) is 9.95. The molecule has 2 atom stereocenters. The lowest BCUT2D eigenvalue weighted by atomic mass is 9.83. The molecule has 3 fully saturated rings. The van der Waals surface area contributed by atoms with Crippen LogP contribution in [0, 0.1) is 6.92 Å². The van der Waals surface area contributed by atoms with Crippen molar-refractivity contribution in [1.29, 1.82) is 0 Å². The Morgan fingerprint density at radius 3 is 2.22 bits per heavy atom.